The first-order valence-corrected chi connectivity index (χ1v) is 9.26. The number of aromatic nitrogens is 3. The molecule has 4 rings (SSSR count). The van der Waals surface area contributed by atoms with E-state index >= 15 is 0 Å². The summed E-state index contributed by atoms with van der Waals surface area (Å²) in [6.45, 7) is 5.28. The van der Waals surface area contributed by atoms with E-state index in [1.165, 1.54) is 38.5 Å². The number of fused-ring (bicyclic) bond motifs is 1. The van der Waals surface area contributed by atoms with E-state index in [1.54, 1.807) is 0 Å². The number of aryl methyl sites for hydroxylation is 1. The Labute approximate surface area is 143 Å². The zero-order chi connectivity index (χ0) is 16.4. The molecule has 2 aromatic heterocycles. The Morgan fingerprint density at radius 2 is 1.88 bits per heavy atom. The first-order valence-electron chi connectivity index (χ1n) is 9.26. The van der Waals surface area contributed by atoms with Crippen molar-refractivity contribution in [2.24, 2.45) is 0 Å². The van der Waals surface area contributed by atoms with Gasteiger partial charge in [0, 0.05) is 24.8 Å². The average Bonchev–Trinajstić information content (AvgIpc) is 2.80. The van der Waals surface area contributed by atoms with E-state index in [9.17, 15) is 0 Å². The molecule has 0 atom stereocenters. The molecule has 3 heterocycles. The number of morpholine rings is 1. The SMILES string of the molecule is Cc1cc2c(NC3CCCCCC3)nc(N3CCOCC3)nc2[nH]1. The van der Waals surface area contributed by atoms with Crippen molar-refractivity contribution in [1.82, 2.24) is 15.0 Å². The second-order valence-corrected chi connectivity index (χ2v) is 7.02. The Morgan fingerprint density at radius 1 is 1.12 bits per heavy atom. The summed E-state index contributed by atoms with van der Waals surface area (Å²) in [6, 6.07) is 2.68. The molecule has 6 nitrogen and oxygen atoms in total. The van der Waals surface area contributed by atoms with E-state index in [0.717, 1.165) is 54.8 Å². The molecule has 0 radical (unpaired) electrons. The van der Waals surface area contributed by atoms with Crippen molar-refractivity contribution in [3.8, 4) is 0 Å². The highest BCUT2D eigenvalue weighted by atomic mass is 16.5. The van der Waals surface area contributed by atoms with E-state index in [0.29, 0.717) is 6.04 Å². The molecule has 2 fully saturated rings. The molecule has 1 aliphatic carbocycles. The van der Waals surface area contributed by atoms with Gasteiger partial charge in [0.25, 0.3) is 0 Å². The van der Waals surface area contributed by atoms with Gasteiger partial charge in [0.05, 0.1) is 18.6 Å². The second kappa shape index (κ2) is 6.97. The third-order valence-corrected chi connectivity index (χ3v) is 5.10. The quantitative estimate of drug-likeness (QED) is 0.846. The van der Waals surface area contributed by atoms with Crippen molar-refractivity contribution in [2.45, 2.75) is 51.5 Å². The zero-order valence-corrected chi connectivity index (χ0v) is 14.5. The number of H-pyrrole nitrogens is 1. The Bertz CT molecular complexity index is 684. The van der Waals surface area contributed by atoms with Crippen molar-refractivity contribution in [3.63, 3.8) is 0 Å². The van der Waals surface area contributed by atoms with Crippen LogP contribution in [0.1, 0.15) is 44.2 Å². The van der Waals surface area contributed by atoms with Crippen LogP contribution in [0.25, 0.3) is 11.0 Å². The maximum absolute atomic E-state index is 5.46. The minimum atomic E-state index is 0.526. The van der Waals surface area contributed by atoms with E-state index in [2.05, 4.69) is 28.2 Å². The van der Waals surface area contributed by atoms with E-state index < -0.39 is 0 Å². The molecule has 130 valence electrons. The molecule has 1 aliphatic heterocycles. The van der Waals surface area contributed by atoms with Gasteiger partial charge in [0.15, 0.2) is 0 Å². The van der Waals surface area contributed by atoms with Crippen LogP contribution in [0.4, 0.5) is 11.8 Å². The van der Waals surface area contributed by atoms with Crippen LogP contribution in [0.15, 0.2) is 6.07 Å². The Hall–Kier alpha value is -1.82. The van der Waals surface area contributed by atoms with Crippen LogP contribution in [0.2, 0.25) is 0 Å². The van der Waals surface area contributed by atoms with Gasteiger partial charge in [-0.2, -0.15) is 9.97 Å². The first kappa shape index (κ1) is 15.7. The summed E-state index contributed by atoms with van der Waals surface area (Å²) in [6.07, 6.45) is 7.83. The summed E-state index contributed by atoms with van der Waals surface area (Å²) in [7, 11) is 0. The topological polar surface area (TPSA) is 66.1 Å². The van der Waals surface area contributed by atoms with Crippen molar-refractivity contribution in [2.75, 3.05) is 36.5 Å². The molecule has 1 saturated heterocycles. The van der Waals surface area contributed by atoms with Crippen LogP contribution in [0.3, 0.4) is 0 Å². The smallest absolute Gasteiger partial charge is 0.229 e. The van der Waals surface area contributed by atoms with Gasteiger partial charge in [-0.15, -0.1) is 0 Å². The highest BCUT2D eigenvalue weighted by Crippen LogP contribution is 2.28. The fraction of sp³-hybridized carbons (Fsp3) is 0.667. The van der Waals surface area contributed by atoms with Gasteiger partial charge in [-0.05, 0) is 25.8 Å². The Balaban J connectivity index is 1.66. The largest absolute Gasteiger partial charge is 0.378 e. The van der Waals surface area contributed by atoms with Crippen LogP contribution in [-0.4, -0.2) is 47.3 Å². The fourth-order valence-electron chi connectivity index (χ4n) is 3.76. The molecule has 1 saturated carbocycles. The number of nitrogens with zero attached hydrogens (tertiary/aromatic N) is 3. The number of ether oxygens (including phenoxy) is 1. The second-order valence-electron chi connectivity index (χ2n) is 7.02. The monoisotopic (exact) mass is 329 g/mol. The molecule has 0 spiro atoms. The van der Waals surface area contributed by atoms with Crippen molar-refractivity contribution in [3.05, 3.63) is 11.8 Å². The van der Waals surface area contributed by atoms with Crippen LogP contribution < -0.4 is 10.2 Å². The molecule has 2 aromatic rings. The standard InChI is InChI=1S/C18H27N5O/c1-13-12-15-16(19-13)21-18(23-8-10-24-11-9-23)22-17(15)20-14-6-4-2-3-5-7-14/h12,14H,2-11H2,1H3,(H2,19,20,21,22). The summed E-state index contributed by atoms with van der Waals surface area (Å²) >= 11 is 0. The molecular weight excluding hydrogens is 302 g/mol. The van der Waals surface area contributed by atoms with Gasteiger partial charge in [0.2, 0.25) is 5.95 Å². The van der Waals surface area contributed by atoms with Crippen molar-refractivity contribution >= 4 is 22.8 Å². The molecule has 0 aromatic carbocycles. The van der Waals surface area contributed by atoms with Gasteiger partial charge < -0.3 is 19.9 Å². The summed E-state index contributed by atoms with van der Waals surface area (Å²) < 4.78 is 5.46. The normalized spacial score (nSPS) is 20.3. The number of anilines is 2. The Kier molecular flexibility index (Phi) is 4.56. The lowest BCUT2D eigenvalue weighted by molar-refractivity contribution is 0.122. The molecule has 2 aliphatic rings. The molecule has 6 heteroatoms. The first-order chi connectivity index (χ1) is 11.8. The number of nitrogens with one attached hydrogen (secondary N) is 2. The van der Waals surface area contributed by atoms with Crippen molar-refractivity contribution < 1.29 is 4.74 Å². The fourth-order valence-corrected chi connectivity index (χ4v) is 3.76. The lowest BCUT2D eigenvalue weighted by Crippen LogP contribution is -2.37. The number of hydrogen-bond acceptors (Lipinski definition) is 5. The Morgan fingerprint density at radius 3 is 2.62 bits per heavy atom. The maximum Gasteiger partial charge on any atom is 0.229 e. The van der Waals surface area contributed by atoms with E-state index in [4.69, 9.17) is 14.7 Å². The van der Waals surface area contributed by atoms with Crippen LogP contribution >= 0.6 is 0 Å². The highest BCUT2D eigenvalue weighted by Gasteiger charge is 2.20. The molecule has 0 unspecified atom stereocenters. The molecule has 0 amide bonds. The molecule has 2 N–H and O–H groups in total. The van der Waals surface area contributed by atoms with E-state index in [-0.39, 0.29) is 0 Å². The number of aromatic amines is 1. The summed E-state index contributed by atoms with van der Waals surface area (Å²) in [4.78, 5) is 15.2. The average molecular weight is 329 g/mol. The molecular formula is C18H27N5O. The predicted molar refractivity (Wildman–Crippen MR) is 96.8 cm³/mol. The minimum absolute atomic E-state index is 0.526. The van der Waals surface area contributed by atoms with Crippen LogP contribution in [0, 0.1) is 6.92 Å². The number of hydrogen-bond donors (Lipinski definition) is 2. The summed E-state index contributed by atoms with van der Waals surface area (Å²) in [5.74, 6) is 1.79. The summed E-state index contributed by atoms with van der Waals surface area (Å²) in [5, 5.41) is 4.83. The van der Waals surface area contributed by atoms with Gasteiger partial charge in [-0.1, -0.05) is 25.7 Å². The van der Waals surface area contributed by atoms with Crippen LogP contribution in [0.5, 0.6) is 0 Å². The predicted octanol–water partition coefficient (Wildman–Crippen LogP) is 3.24. The molecule has 24 heavy (non-hydrogen) atoms. The molecule has 0 bridgehead atoms. The van der Waals surface area contributed by atoms with Gasteiger partial charge in [-0.25, -0.2) is 0 Å². The third kappa shape index (κ3) is 3.34. The lowest BCUT2D eigenvalue weighted by Gasteiger charge is -2.27. The third-order valence-electron chi connectivity index (χ3n) is 5.10. The number of rotatable bonds is 3. The zero-order valence-electron chi connectivity index (χ0n) is 14.5. The minimum Gasteiger partial charge on any atom is -0.378 e. The van der Waals surface area contributed by atoms with Crippen LogP contribution in [-0.2, 0) is 4.74 Å². The van der Waals surface area contributed by atoms with Gasteiger partial charge >= 0.3 is 0 Å². The van der Waals surface area contributed by atoms with Crippen molar-refractivity contribution in [1.29, 1.82) is 0 Å². The summed E-state index contributed by atoms with van der Waals surface area (Å²) in [5.41, 5.74) is 2.06. The van der Waals surface area contributed by atoms with Gasteiger partial charge in [-0.3, -0.25) is 0 Å². The van der Waals surface area contributed by atoms with E-state index in [1.807, 2.05) is 0 Å². The van der Waals surface area contributed by atoms with Gasteiger partial charge in [0.1, 0.15) is 11.5 Å². The highest BCUT2D eigenvalue weighted by molar-refractivity contribution is 5.89. The lowest BCUT2D eigenvalue weighted by atomic mass is 10.1. The maximum atomic E-state index is 5.46.